The van der Waals surface area contributed by atoms with Crippen molar-refractivity contribution in [3.63, 3.8) is 0 Å². The predicted molar refractivity (Wildman–Crippen MR) is 661 cm³/mol. The highest BCUT2D eigenvalue weighted by Gasteiger charge is 2.21. The van der Waals surface area contributed by atoms with Crippen LogP contribution in [0, 0.1) is 29.6 Å². The molecule has 0 atom stereocenters. The van der Waals surface area contributed by atoms with Crippen molar-refractivity contribution in [3.8, 4) is 58.5 Å². The lowest BCUT2D eigenvalue weighted by Crippen LogP contribution is -2.02. The summed E-state index contributed by atoms with van der Waals surface area (Å²) in [7, 11) is 0. The summed E-state index contributed by atoms with van der Waals surface area (Å²) < 4.78 is 8.60. The Morgan fingerprint density at radius 2 is 0.477 bits per heavy atom. The molecule has 0 saturated carbocycles. The first kappa shape index (κ1) is 105. The van der Waals surface area contributed by atoms with E-state index in [1.165, 1.54) is 159 Å². The van der Waals surface area contributed by atoms with Gasteiger partial charge in [0, 0.05) is 71.7 Å². The van der Waals surface area contributed by atoms with Gasteiger partial charge in [0.15, 0.2) is 0 Å². The molecule has 21 aromatic carbocycles. The second kappa shape index (κ2) is 50.1. The fourth-order valence-corrected chi connectivity index (χ4v) is 22.7. The van der Waals surface area contributed by atoms with Gasteiger partial charge in [-0.15, -0.1) is 56.7 Å². The van der Waals surface area contributed by atoms with Crippen LogP contribution in [0.4, 0.5) is 0 Å². The summed E-state index contributed by atoms with van der Waals surface area (Å²) in [4.78, 5) is 29.3. The van der Waals surface area contributed by atoms with Crippen molar-refractivity contribution in [1.82, 2.24) is 34.5 Å². The molecule has 0 spiro atoms. The molecule has 0 unspecified atom stereocenters. The Morgan fingerprint density at radius 1 is 0.188 bits per heavy atom. The van der Waals surface area contributed by atoms with E-state index >= 15 is 0 Å². The van der Waals surface area contributed by atoms with Gasteiger partial charge in [-0.1, -0.05) is 506 Å². The quantitative estimate of drug-likeness (QED) is 0.148. The van der Waals surface area contributed by atoms with E-state index in [0.717, 1.165) is 93.6 Å². The molecule has 149 heavy (non-hydrogen) atoms. The lowest BCUT2D eigenvalue weighted by atomic mass is 10.0. The van der Waals surface area contributed by atoms with Crippen molar-refractivity contribution in [2.24, 2.45) is 29.6 Å². The average Bonchev–Trinajstić information content (AvgIpc) is 1.63. The molecule has 0 aliphatic rings. The number of imidazole rings is 1. The van der Waals surface area contributed by atoms with Gasteiger partial charge in [-0.3, -0.25) is 4.57 Å². The van der Waals surface area contributed by atoms with E-state index < -0.39 is 0 Å². The first-order valence-electron chi connectivity index (χ1n) is 51.9. The highest BCUT2D eigenvalue weighted by Crippen LogP contribution is 2.45. The monoisotopic (exact) mass is 2030 g/mol. The average molecular weight is 2030 g/mol. The third-order valence-electron chi connectivity index (χ3n) is 23.5. The molecule has 27 aromatic rings. The number of hydrogen-bond acceptors (Lipinski definition) is 11. The fraction of sp³-hybridized carbons (Fsp3) is 0.168. The fourth-order valence-electron chi connectivity index (χ4n) is 17.3. The molecule has 6 aromatic heterocycles. The van der Waals surface area contributed by atoms with Gasteiger partial charge in [0.25, 0.3) is 0 Å². The van der Waals surface area contributed by atoms with Crippen molar-refractivity contribution in [3.05, 3.63) is 443 Å². The van der Waals surface area contributed by atoms with Crippen molar-refractivity contribution in [2.75, 3.05) is 0 Å². The zero-order chi connectivity index (χ0) is 104. The minimum absolute atomic E-state index is 0.371. The van der Waals surface area contributed by atoms with Crippen LogP contribution < -0.4 is 0 Å². The first-order valence-corrected chi connectivity index (χ1v) is 56.0. The molecule has 0 saturated heterocycles. The normalized spacial score (nSPS) is 11.1. The summed E-state index contributed by atoms with van der Waals surface area (Å²) in [5.41, 5.74) is 14.8. The Kier molecular flexibility index (Phi) is 35.3. The van der Waals surface area contributed by atoms with Gasteiger partial charge in [0.05, 0.1) is 62.1 Å². The van der Waals surface area contributed by atoms with Crippen molar-refractivity contribution < 1.29 is 0 Å². The van der Waals surface area contributed by atoms with Crippen molar-refractivity contribution in [2.45, 2.75) is 124 Å². The van der Waals surface area contributed by atoms with E-state index in [-0.39, 0.29) is 0 Å². The van der Waals surface area contributed by atoms with Crippen LogP contribution >= 0.6 is 56.7 Å². The highest BCUT2D eigenvalue weighted by molar-refractivity contribution is 7.24. The molecule has 6 heterocycles. The van der Waals surface area contributed by atoms with E-state index in [2.05, 4.69) is 523 Å². The maximum absolute atomic E-state index is 4.98. The maximum Gasteiger partial charge on any atom is 0.124 e. The molecule has 0 bridgehead atoms. The van der Waals surface area contributed by atoms with Gasteiger partial charge < -0.3 is 0 Å². The lowest BCUT2D eigenvalue weighted by Gasteiger charge is -2.11. The summed E-state index contributed by atoms with van der Waals surface area (Å²) in [6, 6.07) is 153. The summed E-state index contributed by atoms with van der Waals surface area (Å²) in [5.74, 6) is 5.65. The summed E-state index contributed by atoms with van der Waals surface area (Å²) in [5, 5.41) is 28.3. The van der Waals surface area contributed by atoms with E-state index in [0.29, 0.717) is 5.92 Å². The van der Waals surface area contributed by atoms with Crippen LogP contribution in [0.25, 0.3) is 218 Å². The molecule has 0 aliphatic carbocycles. The number of para-hydroxylation sites is 1. The van der Waals surface area contributed by atoms with E-state index in [1.807, 2.05) is 36.4 Å². The standard InChI is InChI=1S/3C21H13NS.C20H18N2.2C17H11NS.5C4H10/c1-2-8-14(9-3-1)21-22-19-17-12-6-4-10-15(17)16-11-5-7-13-18(16)20(19)23-21;1-2-7-16(8-3-1)21-22-20-18(23-21)13-12-15-11-10-14-6-4-5-9-17(14)19(15)20;1-2-7-16(8-3-1)21-22-18-13-12-15-11-10-14-6-4-5-9-17(14)19(15)20(18)23-21;1-14(2)20-21-18-12-15-8-6-7-9-16(15)13-19(18)22(20)17-10-4-3-5-11-17;1-2-7-13(8-3-1)17-18-16-14-9-5-4-6-12(14)10-11-15(16)19-17;1-2-7-13(8-3-1)17-18-15-11-10-12-6-4-5-9-14(12)16(15)19-17;5*1-4(2)3/h3*1-13H;3-14H,1-2H3;2*1-11H;5*4H,1-3H3. The van der Waals surface area contributed by atoms with E-state index in [1.54, 1.807) is 56.7 Å². The Balaban J connectivity index is 0.000000117. The molecule has 0 fully saturated rings. The van der Waals surface area contributed by atoms with Gasteiger partial charge in [0.2, 0.25) is 0 Å². The second-order valence-electron chi connectivity index (χ2n) is 40.7. The van der Waals surface area contributed by atoms with Gasteiger partial charge in [-0.2, -0.15) is 0 Å². The maximum atomic E-state index is 4.98. The van der Waals surface area contributed by atoms with Gasteiger partial charge >= 0.3 is 0 Å². The molecule has 12 heteroatoms. The number of aromatic nitrogens is 7. The number of rotatable bonds is 7. The Labute approximate surface area is 897 Å². The first-order chi connectivity index (χ1) is 72.4. The number of fused-ring (bicyclic) bond motifs is 24. The third kappa shape index (κ3) is 26.0. The zero-order valence-electron chi connectivity index (χ0n) is 88.2. The SMILES string of the molecule is CC(C)C.CC(C)C.CC(C)C.CC(C)C.CC(C)C.CC(C)c1nc2cc3ccccc3cc2n1-c1ccccc1.c1ccc(-c2nc3c(ccc4ccc5ccccc5c43)s2)cc1.c1ccc(-c2nc3c(ccc4ccccc43)s2)cc1.c1ccc(-c2nc3c4ccccc4c4ccccc4c3s2)cc1.c1ccc(-c2nc3ccc4ccc5ccccc5c4c3s2)cc1.c1ccc(-c2nc3ccc4ccccc4c3s2)cc1. The molecule has 0 aliphatic heterocycles. The number of thiazole rings is 5. The summed E-state index contributed by atoms with van der Waals surface area (Å²) in [6.07, 6.45) is 0. The van der Waals surface area contributed by atoms with Gasteiger partial charge in [-0.25, -0.2) is 29.9 Å². The van der Waals surface area contributed by atoms with Crippen LogP contribution in [0.5, 0.6) is 0 Å². The largest absolute Gasteiger partial charge is 0.296 e. The molecule has 0 radical (unpaired) electrons. The Hall–Kier alpha value is -15.1. The van der Waals surface area contributed by atoms with Gasteiger partial charge in [0.1, 0.15) is 30.9 Å². The Bertz CT molecular complexity index is 8620. The topological polar surface area (TPSA) is 82.3 Å². The predicted octanol–water partition coefficient (Wildman–Crippen LogP) is 42.7. The summed E-state index contributed by atoms with van der Waals surface area (Å²) in [6.45, 7) is 36.9. The molecular weight excluding hydrogens is 1900 g/mol. The lowest BCUT2D eigenvalue weighted by molar-refractivity contribution is 0.736. The molecule has 0 amide bonds. The molecule has 0 N–H and O–H groups in total. The van der Waals surface area contributed by atoms with Crippen LogP contribution in [0.1, 0.15) is 129 Å². The van der Waals surface area contributed by atoms with Crippen LogP contribution in [-0.4, -0.2) is 34.5 Å². The minimum atomic E-state index is 0.371. The molecule has 7 nitrogen and oxygen atoms in total. The van der Waals surface area contributed by atoms with Crippen LogP contribution in [-0.2, 0) is 0 Å². The zero-order valence-corrected chi connectivity index (χ0v) is 92.3. The van der Waals surface area contributed by atoms with Crippen LogP contribution in [0.3, 0.4) is 0 Å². The van der Waals surface area contributed by atoms with Crippen molar-refractivity contribution >= 4 is 216 Å². The minimum Gasteiger partial charge on any atom is -0.296 e. The van der Waals surface area contributed by atoms with E-state index in [4.69, 9.17) is 29.9 Å². The number of hydrogen-bond donors (Lipinski definition) is 0. The summed E-state index contributed by atoms with van der Waals surface area (Å²) >= 11 is 8.85. The Morgan fingerprint density at radius 3 is 0.946 bits per heavy atom. The van der Waals surface area contributed by atoms with Crippen LogP contribution in [0.15, 0.2) is 437 Å². The molecular formula is C137H129N7S5. The smallest absolute Gasteiger partial charge is 0.124 e. The van der Waals surface area contributed by atoms with Crippen LogP contribution in [0.2, 0.25) is 0 Å². The number of benzene rings is 21. The molecule has 742 valence electrons. The molecule has 27 rings (SSSR count). The van der Waals surface area contributed by atoms with E-state index in [9.17, 15) is 0 Å². The van der Waals surface area contributed by atoms with Crippen molar-refractivity contribution in [1.29, 1.82) is 0 Å². The second-order valence-corrected chi connectivity index (χ2v) is 45.8. The van der Waals surface area contributed by atoms with Gasteiger partial charge in [-0.05, 0) is 143 Å². The third-order valence-corrected chi connectivity index (χ3v) is 29.1. The highest BCUT2D eigenvalue weighted by atomic mass is 32.1. The number of nitrogens with zero attached hydrogens (tertiary/aromatic N) is 7.